The van der Waals surface area contributed by atoms with E-state index < -0.39 is 11.9 Å². The summed E-state index contributed by atoms with van der Waals surface area (Å²) in [4.78, 5) is 38.9. The third-order valence-corrected chi connectivity index (χ3v) is 4.28. The zero-order chi connectivity index (χ0) is 18.8. The van der Waals surface area contributed by atoms with Gasteiger partial charge in [0.15, 0.2) is 0 Å². The average Bonchev–Trinajstić information content (AvgIpc) is 2.70. The smallest absolute Gasteiger partial charge is 0.248 e. The summed E-state index contributed by atoms with van der Waals surface area (Å²) < 4.78 is 0. The molecule has 0 spiro atoms. The van der Waals surface area contributed by atoms with E-state index >= 15 is 0 Å². The average molecular weight is 378 g/mol. The summed E-state index contributed by atoms with van der Waals surface area (Å²) in [6, 6.07) is 20.6. The number of para-hydroxylation sites is 2. The fourth-order valence-corrected chi connectivity index (χ4v) is 3.03. The van der Waals surface area contributed by atoms with Gasteiger partial charge in [-0.25, -0.2) is 24.3 Å². The first-order chi connectivity index (χ1) is 13.1. The van der Waals surface area contributed by atoms with Gasteiger partial charge in [-0.15, -0.1) is 0 Å². The Morgan fingerprint density at radius 1 is 0.741 bits per heavy atom. The SMILES string of the molecule is O=C(OOC(=O)c1c2ccccc2nc2ccccc12)c1cccc(Cl)c1. The zero-order valence-corrected chi connectivity index (χ0v) is 14.6. The Balaban J connectivity index is 1.68. The second-order valence-corrected chi connectivity index (χ2v) is 6.21. The highest BCUT2D eigenvalue weighted by atomic mass is 35.5. The number of carbonyl (C=O) groups excluding carboxylic acids is 2. The van der Waals surface area contributed by atoms with Gasteiger partial charge in [-0.2, -0.15) is 0 Å². The van der Waals surface area contributed by atoms with Crippen LogP contribution in [0.3, 0.4) is 0 Å². The molecule has 3 aromatic carbocycles. The Kier molecular flexibility index (Phi) is 4.44. The molecule has 0 saturated carbocycles. The molecule has 0 aliphatic carbocycles. The number of hydrogen-bond acceptors (Lipinski definition) is 5. The summed E-state index contributed by atoms with van der Waals surface area (Å²) in [6.45, 7) is 0. The molecule has 6 heteroatoms. The molecule has 0 atom stereocenters. The molecule has 4 aromatic rings. The van der Waals surface area contributed by atoms with Crippen LogP contribution in [0.15, 0.2) is 72.8 Å². The maximum Gasteiger partial charge on any atom is 0.387 e. The van der Waals surface area contributed by atoms with Crippen molar-refractivity contribution in [2.45, 2.75) is 0 Å². The van der Waals surface area contributed by atoms with E-state index in [0.29, 0.717) is 26.8 Å². The van der Waals surface area contributed by atoms with Gasteiger partial charge in [0.25, 0.3) is 0 Å². The highest BCUT2D eigenvalue weighted by Crippen LogP contribution is 2.26. The molecule has 0 aliphatic rings. The van der Waals surface area contributed by atoms with Crippen LogP contribution in [0.4, 0.5) is 0 Å². The number of carbonyl (C=O) groups is 2. The molecule has 0 amide bonds. The van der Waals surface area contributed by atoms with Crippen molar-refractivity contribution in [2.24, 2.45) is 0 Å². The van der Waals surface area contributed by atoms with E-state index in [-0.39, 0.29) is 11.1 Å². The standard InChI is InChI=1S/C21H12ClNO4/c22-14-7-5-6-13(12-14)20(24)26-27-21(25)19-15-8-1-3-10-17(15)23-18-11-4-2-9-16(18)19/h1-12H. The molecule has 0 unspecified atom stereocenters. The van der Waals surface area contributed by atoms with E-state index in [1.807, 2.05) is 12.1 Å². The number of fused-ring (bicyclic) bond motifs is 2. The predicted octanol–water partition coefficient (Wildman–Crippen LogP) is 4.97. The number of pyridine rings is 1. The van der Waals surface area contributed by atoms with Crippen molar-refractivity contribution in [2.75, 3.05) is 0 Å². The lowest BCUT2D eigenvalue weighted by Gasteiger charge is -2.09. The Labute approximate surface area is 159 Å². The van der Waals surface area contributed by atoms with Gasteiger partial charge in [-0.1, -0.05) is 54.1 Å². The van der Waals surface area contributed by atoms with Gasteiger partial charge < -0.3 is 0 Å². The fourth-order valence-electron chi connectivity index (χ4n) is 2.84. The second-order valence-electron chi connectivity index (χ2n) is 5.77. The molecule has 0 N–H and O–H groups in total. The molecule has 0 saturated heterocycles. The van der Waals surface area contributed by atoms with Gasteiger partial charge in [0, 0.05) is 15.8 Å². The highest BCUT2D eigenvalue weighted by Gasteiger charge is 2.20. The maximum atomic E-state index is 12.7. The third-order valence-electron chi connectivity index (χ3n) is 4.05. The first-order valence-electron chi connectivity index (χ1n) is 8.10. The van der Waals surface area contributed by atoms with E-state index in [2.05, 4.69) is 4.98 Å². The molecule has 132 valence electrons. The Morgan fingerprint density at radius 2 is 1.33 bits per heavy atom. The topological polar surface area (TPSA) is 65.5 Å². The lowest BCUT2D eigenvalue weighted by molar-refractivity contribution is -0.187. The molecule has 0 fully saturated rings. The van der Waals surface area contributed by atoms with Crippen LogP contribution in [0.2, 0.25) is 5.02 Å². The van der Waals surface area contributed by atoms with Crippen LogP contribution in [0.25, 0.3) is 21.8 Å². The second kappa shape index (κ2) is 7.05. The summed E-state index contributed by atoms with van der Waals surface area (Å²) in [5.41, 5.74) is 1.75. The molecule has 0 aliphatic heterocycles. The molecule has 5 nitrogen and oxygen atoms in total. The summed E-state index contributed by atoms with van der Waals surface area (Å²) >= 11 is 5.86. The van der Waals surface area contributed by atoms with Crippen LogP contribution in [-0.4, -0.2) is 16.9 Å². The van der Waals surface area contributed by atoms with E-state index in [1.165, 1.54) is 12.1 Å². The summed E-state index contributed by atoms with van der Waals surface area (Å²) in [6.07, 6.45) is 0. The van der Waals surface area contributed by atoms with Crippen molar-refractivity contribution in [3.8, 4) is 0 Å². The number of benzene rings is 3. The van der Waals surface area contributed by atoms with Crippen LogP contribution in [0, 0.1) is 0 Å². The number of halogens is 1. The van der Waals surface area contributed by atoms with Crippen LogP contribution in [-0.2, 0) is 9.78 Å². The van der Waals surface area contributed by atoms with Gasteiger partial charge in [-0.05, 0) is 30.3 Å². The molecule has 0 radical (unpaired) electrons. The lowest BCUT2D eigenvalue weighted by Crippen LogP contribution is -2.13. The predicted molar refractivity (Wildman–Crippen MR) is 102 cm³/mol. The van der Waals surface area contributed by atoms with Crippen molar-refractivity contribution in [3.05, 3.63) is 88.9 Å². The number of hydrogen-bond donors (Lipinski definition) is 0. The molecule has 1 heterocycles. The normalized spacial score (nSPS) is 10.7. The van der Waals surface area contributed by atoms with Crippen molar-refractivity contribution in [1.29, 1.82) is 0 Å². The number of rotatable bonds is 2. The molecular formula is C21H12ClNO4. The third kappa shape index (κ3) is 3.32. The lowest BCUT2D eigenvalue weighted by atomic mass is 10.0. The first-order valence-corrected chi connectivity index (χ1v) is 8.47. The van der Waals surface area contributed by atoms with Crippen LogP contribution < -0.4 is 0 Å². The van der Waals surface area contributed by atoms with Gasteiger partial charge in [0.1, 0.15) is 0 Å². The first kappa shape index (κ1) is 17.0. The zero-order valence-electron chi connectivity index (χ0n) is 13.9. The molecule has 4 rings (SSSR count). The van der Waals surface area contributed by atoms with Gasteiger partial charge in [0.05, 0.1) is 22.2 Å². The van der Waals surface area contributed by atoms with Crippen LogP contribution >= 0.6 is 11.6 Å². The van der Waals surface area contributed by atoms with Gasteiger partial charge >= 0.3 is 11.9 Å². The van der Waals surface area contributed by atoms with Gasteiger partial charge in [0.2, 0.25) is 0 Å². The van der Waals surface area contributed by atoms with Crippen molar-refractivity contribution < 1.29 is 19.4 Å². The fraction of sp³-hybridized carbons (Fsp3) is 0. The summed E-state index contributed by atoms with van der Waals surface area (Å²) in [5, 5.41) is 1.60. The largest absolute Gasteiger partial charge is 0.387 e. The minimum Gasteiger partial charge on any atom is -0.248 e. The van der Waals surface area contributed by atoms with E-state index in [1.54, 1.807) is 48.5 Å². The maximum absolute atomic E-state index is 12.7. The van der Waals surface area contributed by atoms with Gasteiger partial charge in [-0.3, -0.25) is 0 Å². The quantitative estimate of drug-likeness (QED) is 0.280. The number of nitrogens with zero attached hydrogens (tertiary/aromatic N) is 1. The van der Waals surface area contributed by atoms with Crippen molar-refractivity contribution in [1.82, 2.24) is 4.98 Å². The van der Waals surface area contributed by atoms with E-state index in [9.17, 15) is 9.59 Å². The minimum atomic E-state index is -0.812. The van der Waals surface area contributed by atoms with E-state index in [0.717, 1.165) is 0 Å². The van der Waals surface area contributed by atoms with Crippen LogP contribution in [0.5, 0.6) is 0 Å². The monoisotopic (exact) mass is 377 g/mol. The van der Waals surface area contributed by atoms with Crippen molar-refractivity contribution >= 4 is 45.3 Å². The Morgan fingerprint density at radius 3 is 1.96 bits per heavy atom. The Bertz CT molecular complexity index is 1140. The van der Waals surface area contributed by atoms with E-state index in [4.69, 9.17) is 21.4 Å². The van der Waals surface area contributed by atoms with Crippen LogP contribution in [0.1, 0.15) is 20.7 Å². The highest BCUT2D eigenvalue weighted by molar-refractivity contribution is 6.30. The molecular weight excluding hydrogens is 366 g/mol. The molecule has 1 aromatic heterocycles. The summed E-state index contributed by atoms with van der Waals surface area (Å²) in [7, 11) is 0. The minimum absolute atomic E-state index is 0.180. The molecule has 27 heavy (non-hydrogen) atoms. The summed E-state index contributed by atoms with van der Waals surface area (Å²) in [5.74, 6) is -1.59. The Hall–Kier alpha value is -3.44. The number of aromatic nitrogens is 1. The van der Waals surface area contributed by atoms with Crippen molar-refractivity contribution in [3.63, 3.8) is 0 Å². The molecule has 0 bridgehead atoms.